The highest BCUT2D eigenvalue weighted by molar-refractivity contribution is 5.93. The Morgan fingerprint density at radius 2 is 2.08 bits per heavy atom. The van der Waals surface area contributed by atoms with E-state index in [1.807, 2.05) is 38.1 Å². The molecule has 0 spiro atoms. The number of hydrogen-bond donors (Lipinski definition) is 2. The van der Waals surface area contributed by atoms with Crippen molar-refractivity contribution in [3.05, 3.63) is 41.2 Å². The summed E-state index contributed by atoms with van der Waals surface area (Å²) in [5, 5.41) is 19.8. The average Bonchev–Trinajstić information content (AvgIpc) is 2.92. The molecule has 0 aliphatic carbocycles. The van der Waals surface area contributed by atoms with Crippen molar-refractivity contribution >= 4 is 11.9 Å². The van der Waals surface area contributed by atoms with Gasteiger partial charge in [0.25, 0.3) is 5.91 Å². The largest absolute Gasteiger partial charge is 0.481 e. The van der Waals surface area contributed by atoms with Crippen LogP contribution in [-0.4, -0.2) is 38.5 Å². The summed E-state index contributed by atoms with van der Waals surface area (Å²) < 4.78 is 1.60. The summed E-state index contributed by atoms with van der Waals surface area (Å²) in [6, 6.07) is 7.72. The van der Waals surface area contributed by atoms with Gasteiger partial charge >= 0.3 is 5.97 Å². The molecule has 1 heterocycles. The number of hydrogen-bond acceptors (Lipinski definition) is 4. The van der Waals surface area contributed by atoms with Crippen LogP contribution in [0.25, 0.3) is 5.69 Å². The zero-order chi connectivity index (χ0) is 17.7. The van der Waals surface area contributed by atoms with E-state index in [4.69, 9.17) is 5.11 Å². The van der Waals surface area contributed by atoms with E-state index in [-0.39, 0.29) is 12.2 Å². The molecule has 24 heavy (non-hydrogen) atoms. The predicted octanol–water partition coefficient (Wildman–Crippen LogP) is 2.11. The lowest BCUT2D eigenvalue weighted by Crippen LogP contribution is -2.33. The number of rotatable bonds is 7. The third-order valence-corrected chi connectivity index (χ3v) is 3.85. The zero-order valence-electron chi connectivity index (χ0n) is 14.1. The van der Waals surface area contributed by atoms with E-state index in [0.29, 0.717) is 12.1 Å². The Labute approximate surface area is 140 Å². The van der Waals surface area contributed by atoms with E-state index < -0.39 is 17.8 Å². The molecule has 7 heteroatoms. The molecule has 0 aliphatic rings. The zero-order valence-corrected chi connectivity index (χ0v) is 14.1. The molecule has 0 radical (unpaired) electrons. The minimum atomic E-state index is -0.905. The van der Waals surface area contributed by atoms with Crippen LogP contribution in [0.5, 0.6) is 0 Å². The Hall–Kier alpha value is -2.70. The molecule has 7 nitrogen and oxygen atoms in total. The summed E-state index contributed by atoms with van der Waals surface area (Å²) in [4.78, 5) is 23.4. The third kappa shape index (κ3) is 3.98. The summed E-state index contributed by atoms with van der Waals surface area (Å²) in [6.45, 7) is 5.73. The molecule has 0 saturated heterocycles. The topological polar surface area (TPSA) is 97.1 Å². The van der Waals surface area contributed by atoms with Crippen LogP contribution >= 0.6 is 0 Å². The number of nitrogens with one attached hydrogen (secondary N) is 1. The maximum Gasteiger partial charge on any atom is 0.308 e. The Morgan fingerprint density at radius 3 is 2.71 bits per heavy atom. The number of carboxylic acid groups (broad SMARTS) is 1. The molecule has 128 valence electrons. The SMILES string of the molecule is CCCC(CNC(=O)c1nnn(-c2cccc(C)c2)c1C)C(=O)O. The highest BCUT2D eigenvalue weighted by atomic mass is 16.4. The van der Waals surface area contributed by atoms with E-state index in [9.17, 15) is 9.59 Å². The first-order valence-corrected chi connectivity index (χ1v) is 7.94. The summed E-state index contributed by atoms with van der Waals surface area (Å²) in [6.07, 6.45) is 1.26. The van der Waals surface area contributed by atoms with Gasteiger partial charge in [0.1, 0.15) is 0 Å². The molecule has 0 fully saturated rings. The standard InChI is InChI=1S/C17H22N4O3/c1-4-6-13(17(23)24)10-18-16(22)15-12(3)21(20-19-15)14-8-5-7-11(2)9-14/h5,7-9,13H,4,6,10H2,1-3H3,(H,18,22)(H,23,24). The molecule has 0 bridgehead atoms. The number of carboxylic acids is 1. The van der Waals surface area contributed by atoms with Crippen LogP contribution in [0.3, 0.4) is 0 Å². The maximum absolute atomic E-state index is 12.3. The lowest BCUT2D eigenvalue weighted by molar-refractivity contribution is -0.141. The first-order valence-electron chi connectivity index (χ1n) is 7.94. The van der Waals surface area contributed by atoms with Gasteiger partial charge in [0.05, 0.1) is 17.3 Å². The smallest absolute Gasteiger partial charge is 0.308 e. The number of amides is 1. The fraction of sp³-hybridized carbons (Fsp3) is 0.412. The second kappa shape index (κ2) is 7.72. The molecule has 1 amide bonds. The van der Waals surface area contributed by atoms with E-state index in [2.05, 4.69) is 15.6 Å². The van der Waals surface area contributed by atoms with E-state index >= 15 is 0 Å². The van der Waals surface area contributed by atoms with Crippen molar-refractivity contribution < 1.29 is 14.7 Å². The quantitative estimate of drug-likeness (QED) is 0.810. The third-order valence-electron chi connectivity index (χ3n) is 3.85. The van der Waals surface area contributed by atoms with Crippen molar-refractivity contribution in [2.45, 2.75) is 33.6 Å². The molecule has 2 N–H and O–H groups in total. The van der Waals surface area contributed by atoms with Crippen LogP contribution in [0.15, 0.2) is 24.3 Å². The van der Waals surface area contributed by atoms with Crippen LogP contribution in [0, 0.1) is 19.8 Å². The first kappa shape index (κ1) is 17.7. The van der Waals surface area contributed by atoms with Crippen molar-refractivity contribution in [3.63, 3.8) is 0 Å². The van der Waals surface area contributed by atoms with Gasteiger partial charge < -0.3 is 10.4 Å². The molecular weight excluding hydrogens is 308 g/mol. The monoisotopic (exact) mass is 330 g/mol. The van der Waals surface area contributed by atoms with Gasteiger partial charge in [0, 0.05) is 6.54 Å². The van der Waals surface area contributed by atoms with E-state index in [0.717, 1.165) is 17.7 Å². The van der Waals surface area contributed by atoms with Gasteiger partial charge in [-0.3, -0.25) is 9.59 Å². The summed E-state index contributed by atoms with van der Waals surface area (Å²) in [5.74, 6) is -1.91. The number of nitrogens with zero attached hydrogens (tertiary/aromatic N) is 3. The number of carbonyl (C=O) groups excluding carboxylic acids is 1. The van der Waals surface area contributed by atoms with Crippen molar-refractivity contribution in [1.82, 2.24) is 20.3 Å². The molecule has 2 rings (SSSR count). The van der Waals surface area contributed by atoms with Crippen molar-refractivity contribution in [3.8, 4) is 5.69 Å². The van der Waals surface area contributed by atoms with Gasteiger partial charge in [-0.1, -0.05) is 30.7 Å². The fourth-order valence-corrected chi connectivity index (χ4v) is 2.50. The van der Waals surface area contributed by atoms with Crippen molar-refractivity contribution in [1.29, 1.82) is 0 Å². The number of aryl methyl sites for hydroxylation is 1. The minimum absolute atomic E-state index is 0.0821. The summed E-state index contributed by atoms with van der Waals surface area (Å²) >= 11 is 0. The Bertz CT molecular complexity index is 739. The van der Waals surface area contributed by atoms with Gasteiger partial charge in [0.15, 0.2) is 5.69 Å². The van der Waals surface area contributed by atoms with Crippen LogP contribution < -0.4 is 5.32 Å². The average molecular weight is 330 g/mol. The highest BCUT2D eigenvalue weighted by Gasteiger charge is 2.21. The number of carbonyl (C=O) groups is 2. The normalized spacial score (nSPS) is 12.0. The van der Waals surface area contributed by atoms with E-state index in [1.165, 1.54) is 0 Å². The molecular formula is C17H22N4O3. The maximum atomic E-state index is 12.3. The van der Waals surface area contributed by atoms with Gasteiger partial charge in [-0.15, -0.1) is 5.10 Å². The fourth-order valence-electron chi connectivity index (χ4n) is 2.50. The van der Waals surface area contributed by atoms with E-state index in [1.54, 1.807) is 11.6 Å². The van der Waals surface area contributed by atoms with Crippen molar-refractivity contribution in [2.75, 3.05) is 6.54 Å². The minimum Gasteiger partial charge on any atom is -0.481 e. The van der Waals surface area contributed by atoms with Crippen LogP contribution in [0.1, 0.15) is 41.5 Å². The van der Waals surface area contributed by atoms with Crippen LogP contribution in [0.2, 0.25) is 0 Å². The Kier molecular flexibility index (Phi) is 5.68. The van der Waals surface area contributed by atoms with Crippen molar-refractivity contribution in [2.24, 2.45) is 5.92 Å². The summed E-state index contributed by atoms with van der Waals surface area (Å²) in [5.41, 5.74) is 2.73. The number of aromatic nitrogens is 3. The lowest BCUT2D eigenvalue weighted by Gasteiger charge is -2.11. The number of benzene rings is 1. The van der Waals surface area contributed by atoms with Gasteiger partial charge in [0.2, 0.25) is 0 Å². The second-order valence-corrected chi connectivity index (χ2v) is 5.81. The first-order chi connectivity index (χ1) is 11.4. The van der Waals surface area contributed by atoms with Gasteiger partial charge in [-0.2, -0.15) is 0 Å². The Balaban J connectivity index is 2.12. The number of aliphatic carboxylic acids is 1. The second-order valence-electron chi connectivity index (χ2n) is 5.81. The van der Waals surface area contributed by atoms with Crippen LogP contribution in [-0.2, 0) is 4.79 Å². The highest BCUT2D eigenvalue weighted by Crippen LogP contribution is 2.14. The molecule has 1 aromatic carbocycles. The Morgan fingerprint density at radius 1 is 1.33 bits per heavy atom. The van der Waals surface area contributed by atoms with Gasteiger partial charge in [-0.25, -0.2) is 4.68 Å². The lowest BCUT2D eigenvalue weighted by atomic mass is 10.0. The van der Waals surface area contributed by atoms with Gasteiger partial charge in [-0.05, 0) is 38.0 Å². The molecule has 2 aromatic rings. The molecule has 1 aromatic heterocycles. The molecule has 0 aliphatic heterocycles. The van der Waals surface area contributed by atoms with Crippen LogP contribution in [0.4, 0.5) is 0 Å². The summed E-state index contributed by atoms with van der Waals surface area (Å²) in [7, 11) is 0. The molecule has 1 unspecified atom stereocenters. The molecule has 0 saturated carbocycles. The molecule has 1 atom stereocenters. The predicted molar refractivity (Wildman–Crippen MR) is 89.2 cm³/mol.